The fraction of sp³-hybridized carbons (Fsp3) is 0.529. The highest BCUT2D eigenvalue weighted by Crippen LogP contribution is 2.22. The van der Waals surface area contributed by atoms with Gasteiger partial charge in [-0.25, -0.2) is 13.8 Å². The van der Waals surface area contributed by atoms with Gasteiger partial charge in [-0.05, 0) is 43.0 Å². The average Bonchev–Trinajstić information content (AvgIpc) is 2.91. The Labute approximate surface area is 148 Å². The molecule has 1 aromatic carbocycles. The molecule has 0 aliphatic carbocycles. The standard InChI is InChI=1S/C17H24N2O5S/c1-12(14-4-5-16(24-3)15(9-14)10-23-2)18-19-17(20)8-13-6-7-25(21,22)11-13/h4-5,9,13H,6-8,10-11H2,1-3H3,(H,19,20)/b18-12-/t13-/m1/s1. The Balaban J connectivity index is 1.98. The lowest BCUT2D eigenvalue weighted by Gasteiger charge is -2.10. The number of rotatable bonds is 7. The van der Waals surface area contributed by atoms with E-state index in [4.69, 9.17) is 9.47 Å². The second kappa shape index (κ2) is 8.44. The van der Waals surface area contributed by atoms with Crippen LogP contribution in [0.15, 0.2) is 23.3 Å². The molecule has 0 aromatic heterocycles. The summed E-state index contributed by atoms with van der Waals surface area (Å²) < 4.78 is 33.3. The van der Waals surface area contributed by atoms with Crippen LogP contribution in [0.1, 0.15) is 30.9 Å². The van der Waals surface area contributed by atoms with Crippen LogP contribution in [-0.4, -0.2) is 45.8 Å². The van der Waals surface area contributed by atoms with Crippen LogP contribution < -0.4 is 10.2 Å². The number of nitrogens with one attached hydrogen (secondary N) is 1. The number of nitrogens with zero attached hydrogens (tertiary/aromatic N) is 1. The van der Waals surface area contributed by atoms with Gasteiger partial charge < -0.3 is 9.47 Å². The van der Waals surface area contributed by atoms with E-state index in [1.165, 1.54) is 0 Å². The number of benzene rings is 1. The Kier molecular flexibility index (Phi) is 6.55. The van der Waals surface area contributed by atoms with Crippen molar-refractivity contribution < 1.29 is 22.7 Å². The zero-order valence-corrected chi connectivity index (χ0v) is 15.6. The van der Waals surface area contributed by atoms with E-state index in [0.717, 1.165) is 16.9 Å². The summed E-state index contributed by atoms with van der Waals surface area (Å²) in [6.45, 7) is 2.20. The van der Waals surface area contributed by atoms with Crippen molar-refractivity contribution >= 4 is 21.5 Å². The van der Waals surface area contributed by atoms with E-state index in [0.29, 0.717) is 18.7 Å². The van der Waals surface area contributed by atoms with E-state index in [9.17, 15) is 13.2 Å². The monoisotopic (exact) mass is 368 g/mol. The predicted octanol–water partition coefficient (Wildman–Crippen LogP) is 1.51. The van der Waals surface area contributed by atoms with Gasteiger partial charge in [0.25, 0.3) is 0 Å². The first-order valence-corrected chi connectivity index (χ1v) is 9.86. The van der Waals surface area contributed by atoms with Gasteiger partial charge in [0, 0.05) is 19.1 Å². The molecule has 1 aliphatic heterocycles. The van der Waals surface area contributed by atoms with Crippen LogP contribution in [0, 0.1) is 5.92 Å². The summed E-state index contributed by atoms with van der Waals surface area (Å²) in [7, 11) is 0.232. The van der Waals surface area contributed by atoms with Crippen molar-refractivity contribution in [1.82, 2.24) is 5.43 Å². The summed E-state index contributed by atoms with van der Waals surface area (Å²) in [5, 5.41) is 4.12. The zero-order chi connectivity index (χ0) is 18.4. The Morgan fingerprint density at radius 1 is 1.36 bits per heavy atom. The van der Waals surface area contributed by atoms with Crippen LogP contribution in [0.3, 0.4) is 0 Å². The largest absolute Gasteiger partial charge is 0.496 e. The summed E-state index contributed by atoms with van der Waals surface area (Å²) in [4.78, 5) is 12.0. The van der Waals surface area contributed by atoms with E-state index in [1.807, 2.05) is 18.2 Å². The topological polar surface area (TPSA) is 94.1 Å². The number of carbonyl (C=O) groups is 1. The van der Waals surface area contributed by atoms with Gasteiger partial charge in [0.15, 0.2) is 9.84 Å². The van der Waals surface area contributed by atoms with Gasteiger partial charge in [0.05, 0.1) is 30.9 Å². The number of ether oxygens (including phenoxy) is 2. The molecule has 138 valence electrons. The predicted molar refractivity (Wildman–Crippen MR) is 95.4 cm³/mol. The van der Waals surface area contributed by atoms with E-state index in [-0.39, 0.29) is 29.8 Å². The van der Waals surface area contributed by atoms with Gasteiger partial charge in [-0.1, -0.05) is 0 Å². The van der Waals surface area contributed by atoms with Gasteiger partial charge >= 0.3 is 0 Å². The first kappa shape index (κ1) is 19.4. The van der Waals surface area contributed by atoms with Crippen molar-refractivity contribution in [1.29, 1.82) is 0 Å². The fourth-order valence-electron chi connectivity index (χ4n) is 2.82. The van der Waals surface area contributed by atoms with Crippen molar-refractivity contribution in [3.63, 3.8) is 0 Å². The van der Waals surface area contributed by atoms with E-state index in [1.54, 1.807) is 21.1 Å². The van der Waals surface area contributed by atoms with Gasteiger partial charge in [0.1, 0.15) is 5.75 Å². The minimum absolute atomic E-state index is 0.0853. The number of hydrogen-bond acceptors (Lipinski definition) is 6. The zero-order valence-electron chi connectivity index (χ0n) is 14.7. The van der Waals surface area contributed by atoms with Gasteiger partial charge in [-0.3, -0.25) is 4.79 Å². The molecule has 7 nitrogen and oxygen atoms in total. The van der Waals surface area contributed by atoms with Crippen LogP contribution in [-0.2, 0) is 26.0 Å². The molecule has 2 rings (SSSR count). The molecule has 1 N–H and O–H groups in total. The Bertz CT molecular complexity index is 758. The third kappa shape index (κ3) is 5.54. The lowest BCUT2D eigenvalue weighted by atomic mass is 10.1. The number of carbonyl (C=O) groups excluding carboxylic acids is 1. The Hall–Kier alpha value is -1.93. The number of methoxy groups -OCH3 is 2. The molecule has 8 heteroatoms. The average molecular weight is 368 g/mol. The number of hydrazone groups is 1. The van der Waals surface area contributed by atoms with E-state index in [2.05, 4.69) is 10.5 Å². The molecule has 0 unspecified atom stereocenters. The molecule has 0 bridgehead atoms. The van der Waals surface area contributed by atoms with Crippen LogP contribution in [0.5, 0.6) is 5.75 Å². The maximum atomic E-state index is 12.0. The van der Waals surface area contributed by atoms with Gasteiger partial charge in [-0.15, -0.1) is 0 Å². The molecular formula is C17H24N2O5S. The molecule has 0 spiro atoms. The van der Waals surface area contributed by atoms with Crippen molar-refractivity contribution in [3.8, 4) is 5.75 Å². The second-order valence-corrected chi connectivity index (χ2v) is 8.39. The molecule has 1 aliphatic rings. The molecule has 1 saturated heterocycles. The van der Waals surface area contributed by atoms with Crippen molar-refractivity contribution in [3.05, 3.63) is 29.3 Å². The quantitative estimate of drug-likeness (QED) is 0.581. The number of sulfone groups is 1. The molecule has 25 heavy (non-hydrogen) atoms. The van der Waals surface area contributed by atoms with Crippen LogP contribution in [0.4, 0.5) is 0 Å². The van der Waals surface area contributed by atoms with Gasteiger partial charge in [0.2, 0.25) is 5.91 Å². The summed E-state index contributed by atoms with van der Waals surface area (Å²) in [5.41, 5.74) is 4.89. The van der Waals surface area contributed by atoms with Crippen LogP contribution >= 0.6 is 0 Å². The first-order chi connectivity index (χ1) is 11.8. The molecule has 1 heterocycles. The SMILES string of the molecule is COCc1cc(/C(C)=N\NC(=O)C[C@H]2CCS(=O)(=O)C2)ccc1OC. The second-order valence-electron chi connectivity index (χ2n) is 6.17. The molecule has 1 fully saturated rings. The Morgan fingerprint density at radius 2 is 2.12 bits per heavy atom. The van der Waals surface area contributed by atoms with Crippen molar-refractivity contribution in [2.75, 3.05) is 25.7 Å². The molecular weight excluding hydrogens is 344 g/mol. The number of amides is 1. The minimum Gasteiger partial charge on any atom is -0.496 e. The normalized spacial score (nSPS) is 19.6. The summed E-state index contributed by atoms with van der Waals surface area (Å²) >= 11 is 0. The van der Waals surface area contributed by atoms with E-state index >= 15 is 0 Å². The molecule has 0 radical (unpaired) electrons. The van der Waals surface area contributed by atoms with E-state index < -0.39 is 9.84 Å². The maximum Gasteiger partial charge on any atom is 0.240 e. The van der Waals surface area contributed by atoms with Crippen molar-refractivity contribution in [2.45, 2.75) is 26.4 Å². The van der Waals surface area contributed by atoms with Crippen molar-refractivity contribution in [2.24, 2.45) is 11.0 Å². The smallest absolute Gasteiger partial charge is 0.240 e. The third-order valence-electron chi connectivity index (χ3n) is 4.15. The highest BCUT2D eigenvalue weighted by Gasteiger charge is 2.29. The molecule has 1 atom stereocenters. The number of hydrogen-bond donors (Lipinski definition) is 1. The van der Waals surface area contributed by atoms with Crippen LogP contribution in [0.25, 0.3) is 0 Å². The maximum absolute atomic E-state index is 12.0. The minimum atomic E-state index is -2.97. The first-order valence-electron chi connectivity index (χ1n) is 8.04. The van der Waals surface area contributed by atoms with Crippen LogP contribution in [0.2, 0.25) is 0 Å². The Morgan fingerprint density at radius 3 is 2.72 bits per heavy atom. The lowest BCUT2D eigenvalue weighted by molar-refractivity contribution is -0.121. The molecule has 1 amide bonds. The summed E-state index contributed by atoms with van der Waals surface area (Å²) in [6, 6.07) is 5.58. The third-order valence-corrected chi connectivity index (χ3v) is 5.98. The molecule has 1 aromatic rings. The summed E-state index contributed by atoms with van der Waals surface area (Å²) in [5.74, 6) is 0.593. The highest BCUT2D eigenvalue weighted by atomic mass is 32.2. The lowest BCUT2D eigenvalue weighted by Crippen LogP contribution is -2.22. The van der Waals surface area contributed by atoms with Gasteiger partial charge in [-0.2, -0.15) is 5.10 Å². The summed E-state index contributed by atoms with van der Waals surface area (Å²) in [6.07, 6.45) is 0.713. The molecule has 0 saturated carbocycles. The highest BCUT2D eigenvalue weighted by molar-refractivity contribution is 7.91. The fourth-order valence-corrected chi connectivity index (χ4v) is 4.69.